The normalized spacial score (nSPS) is 7.86. The summed E-state index contributed by atoms with van der Waals surface area (Å²) in [7, 11) is 0. The average Bonchev–Trinajstić information content (AvgIpc) is 2.62. The molecule has 0 aliphatic rings. The van der Waals surface area contributed by atoms with Gasteiger partial charge in [0.25, 0.3) is 24.6 Å². The van der Waals surface area contributed by atoms with E-state index in [2.05, 4.69) is 18.9 Å². The van der Waals surface area contributed by atoms with Crippen molar-refractivity contribution in [2.75, 3.05) is 26.4 Å². The molecule has 0 rings (SSSR count). The molecule has 0 fully saturated rings. The molecule has 0 aromatic rings. The summed E-state index contributed by atoms with van der Waals surface area (Å²) < 4.78 is 16.0. The Morgan fingerprint density at radius 3 is 0.655 bits per heavy atom. The zero-order valence-electron chi connectivity index (χ0n) is 17.0. The van der Waals surface area contributed by atoms with Crippen LogP contribution in [0.15, 0.2) is 0 Å². The number of rotatable bonds is 8. The SMILES string of the molecule is CCCOC(=O)[O-].CCCOC(=O)[O-].CCCOC(=O)[O-].CCCOC(=O)[O-].[Pu]. The summed E-state index contributed by atoms with van der Waals surface area (Å²) in [6, 6.07) is 0. The van der Waals surface area contributed by atoms with Crippen molar-refractivity contribution in [2.24, 2.45) is 0 Å². The van der Waals surface area contributed by atoms with Gasteiger partial charge >= 0.3 is 0 Å². The maximum absolute atomic E-state index is 9.42. The van der Waals surface area contributed by atoms with Crippen molar-refractivity contribution in [2.45, 2.75) is 53.4 Å². The van der Waals surface area contributed by atoms with Gasteiger partial charge in [0.15, 0.2) is 0 Å². The molecule has 0 saturated carbocycles. The van der Waals surface area contributed by atoms with E-state index in [4.69, 9.17) is 0 Å². The topological polar surface area (TPSA) is 197 Å². The van der Waals surface area contributed by atoms with Crippen LogP contribution in [0.2, 0.25) is 0 Å². The second-order valence-electron chi connectivity index (χ2n) is 4.39. The first-order valence-corrected chi connectivity index (χ1v) is 8.43. The largest absolute Gasteiger partial charge is 0.550 e. The van der Waals surface area contributed by atoms with Gasteiger partial charge in [-0.15, -0.1) is 0 Å². The van der Waals surface area contributed by atoms with E-state index >= 15 is 0 Å². The van der Waals surface area contributed by atoms with Crippen molar-refractivity contribution in [3.8, 4) is 0 Å². The maximum atomic E-state index is 9.42. The number of carbonyl (C=O) groups excluding carboxylic acids is 4. The van der Waals surface area contributed by atoms with Gasteiger partial charge in [-0.3, -0.25) is 0 Å². The first-order valence-electron chi connectivity index (χ1n) is 8.43. The smallest absolute Gasteiger partial charge is 0.251 e. The van der Waals surface area contributed by atoms with Crippen LogP contribution >= 0.6 is 0 Å². The van der Waals surface area contributed by atoms with Crippen LogP contribution < -0.4 is 20.4 Å². The molecule has 0 heterocycles. The van der Waals surface area contributed by atoms with Gasteiger partial charge in [-0.25, -0.2) is 0 Å². The van der Waals surface area contributed by atoms with Gasteiger partial charge in [-0.1, -0.05) is 27.7 Å². The molecule has 0 atom stereocenters. The second kappa shape index (κ2) is 33.6. The summed E-state index contributed by atoms with van der Waals surface area (Å²) in [5.41, 5.74) is 0. The van der Waals surface area contributed by atoms with Gasteiger partial charge in [0.1, 0.15) is 0 Å². The van der Waals surface area contributed by atoms with E-state index in [0.29, 0.717) is 25.7 Å². The van der Waals surface area contributed by atoms with Crippen molar-refractivity contribution < 1.29 is 87.7 Å². The third-order valence-electron chi connectivity index (χ3n) is 1.70. The Labute approximate surface area is 192 Å². The van der Waals surface area contributed by atoms with Crippen LogP contribution in [0.3, 0.4) is 0 Å². The van der Waals surface area contributed by atoms with E-state index in [1.54, 1.807) is 0 Å². The van der Waals surface area contributed by atoms with Gasteiger partial charge in [-0.2, -0.15) is 0 Å². The van der Waals surface area contributed by atoms with Crippen LogP contribution in [0.4, 0.5) is 19.2 Å². The summed E-state index contributed by atoms with van der Waals surface area (Å²) >= 11 is 0. The third kappa shape index (κ3) is 76.3. The molecular weight excluding hydrogens is 628 g/mol. The molecule has 13 heteroatoms. The van der Waals surface area contributed by atoms with Gasteiger partial charge in [0.05, 0.1) is 0 Å². The summed E-state index contributed by atoms with van der Waals surface area (Å²) in [6.07, 6.45) is -2.96. The Hall–Kier alpha value is -1.93. The fourth-order valence-corrected chi connectivity index (χ4v) is 0.742. The summed E-state index contributed by atoms with van der Waals surface area (Å²) in [6.45, 7) is 8.24. The Kier molecular flexibility index (Phi) is 43.8. The first kappa shape index (κ1) is 37.8. The zero-order chi connectivity index (χ0) is 22.8. The van der Waals surface area contributed by atoms with Gasteiger partial charge in [0.2, 0.25) is 0 Å². The number of hydrogen-bond acceptors (Lipinski definition) is 12. The first-order chi connectivity index (χ1) is 13.1. The predicted molar refractivity (Wildman–Crippen MR) is 86.6 cm³/mol. The van der Waals surface area contributed by atoms with Crippen molar-refractivity contribution >= 4 is 24.6 Å². The van der Waals surface area contributed by atoms with Crippen LogP contribution in [0.25, 0.3) is 0 Å². The standard InChI is InChI=1S/4C4H8O3.Pu/c4*1-2-3-7-4(5)6;/h4*2-3H2,1H3,(H,5,6);/p-4. The van der Waals surface area contributed by atoms with Crippen LogP contribution in [-0.2, 0) is 18.9 Å². The molecule has 0 unspecified atom stereocenters. The molecule has 0 aliphatic heterocycles. The fourth-order valence-electron chi connectivity index (χ4n) is 0.742. The molecule has 0 aromatic carbocycles. The molecule has 0 N–H and O–H groups in total. The number of carboxylic acid groups (broad SMARTS) is 4. The molecule has 0 spiro atoms. The maximum Gasteiger partial charge on any atom is 0.251 e. The molecule has 0 amide bonds. The Morgan fingerprint density at radius 1 is 0.483 bits per heavy atom. The van der Waals surface area contributed by atoms with Gasteiger partial charge < -0.3 is 58.6 Å². The molecule has 0 radical (unpaired) electrons. The average molecular weight is 656 g/mol. The Bertz CT molecular complexity index is 318. The van der Waals surface area contributed by atoms with Crippen LogP contribution in [0.5, 0.6) is 0 Å². The number of hydrogen-bond donors (Lipinski definition) is 0. The van der Waals surface area contributed by atoms with Gasteiger partial charge in [0, 0.05) is 55.6 Å². The molecule has 0 saturated heterocycles. The van der Waals surface area contributed by atoms with E-state index in [0.717, 1.165) is 0 Å². The summed E-state index contributed by atoms with van der Waals surface area (Å²) in [5.74, 6) is 0. The van der Waals surface area contributed by atoms with Gasteiger partial charge in [-0.05, 0) is 25.7 Å². The van der Waals surface area contributed by atoms with Crippen LogP contribution in [0, 0.1) is 29.2 Å². The minimum Gasteiger partial charge on any atom is -0.550 e. The van der Waals surface area contributed by atoms with Crippen molar-refractivity contribution in [3.63, 3.8) is 0 Å². The van der Waals surface area contributed by atoms with E-state index in [-0.39, 0.29) is 55.6 Å². The number of ether oxygens (including phenoxy) is 4. The Balaban J connectivity index is -0.0000000873. The fraction of sp³-hybridized carbons (Fsp3) is 0.750. The van der Waals surface area contributed by atoms with E-state index in [1.165, 1.54) is 0 Å². The minimum atomic E-state index is -1.44. The van der Waals surface area contributed by atoms with Crippen molar-refractivity contribution in [1.82, 2.24) is 0 Å². The third-order valence-corrected chi connectivity index (χ3v) is 1.70. The van der Waals surface area contributed by atoms with Crippen LogP contribution in [-0.4, -0.2) is 51.0 Å². The zero-order valence-corrected chi connectivity index (χ0v) is 20.4. The molecular formula is C16H28O12Pu-4. The predicted octanol–water partition coefficient (Wildman–Crippen LogP) is -0.975. The minimum absolute atomic E-state index is 0. The molecule has 12 nitrogen and oxygen atoms in total. The molecule has 0 bridgehead atoms. The molecule has 0 aliphatic carbocycles. The summed E-state index contributed by atoms with van der Waals surface area (Å²) in [4.78, 5) is 37.7. The quantitative estimate of drug-likeness (QED) is 0.229. The van der Waals surface area contributed by atoms with Crippen molar-refractivity contribution in [3.05, 3.63) is 0 Å². The van der Waals surface area contributed by atoms with E-state index < -0.39 is 24.6 Å². The van der Waals surface area contributed by atoms with Crippen LogP contribution in [0.1, 0.15) is 53.4 Å². The summed E-state index contributed by atoms with van der Waals surface area (Å²) in [5, 5.41) is 37.7. The Morgan fingerprint density at radius 2 is 0.621 bits per heavy atom. The van der Waals surface area contributed by atoms with E-state index in [1.807, 2.05) is 27.7 Å². The second-order valence-corrected chi connectivity index (χ2v) is 4.39. The number of carbonyl (C=O) groups is 4. The van der Waals surface area contributed by atoms with E-state index in [9.17, 15) is 39.6 Å². The monoisotopic (exact) mass is 650 g/mol. The molecule has 29 heavy (non-hydrogen) atoms. The molecule has 174 valence electrons. The van der Waals surface area contributed by atoms with Crippen molar-refractivity contribution in [1.29, 1.82) is 0 Å². The molecule has 0 aromatic heterocycles.